The monoisotopic (exact) mass is 292 g/mol. The Morgan fingerprint density at radius 2 is 2.20 bits per heavy atom. The largest absolute Gasteiger partial charge is 0.482 e. The van der Waals surface area contributed by atoms with E-state index in [0.29, 0.717) is 0 Å². The number of thioether (sulfide) groups is 1. The first-order valence-electron chi connectivity index (χ1n) is 7.15. The van der Waals surface area contributed by atoms with Gasteiger partial charge in [0.1, 0.15) is 5.75 Å². The van der Waals surface area contributed by atoms with Crippen molar-refractivity contribution < 1.29 is 9.53 Å². The lowest BCUT2D eigenvalue weighted by atomic mass is 10.0. The summed E-state index contributed by atoms with van der Waals surface area (Å²) in [6, 6.07) is 5.99. The van der Waals surface area contributed by atoms with E-state index in [1.807, 2.05) is 12.1 Å². The third-order valence-corrected chi connectivity index (χ3v) is 4.83. The highest BCUT2D eigenvalue weighted by Gasteiger charge is 2.16. The van der Waals surface area contributed by atoms with E-state index in [2.05, 4.69) is 28.5 Å². The molecule has 108 valence electrons. The number of ether oxygens (including phenoxy) is 1. The van der Waals surface area contributed by atoms with E-state index >= 15 is 0 Å². The first-order valence-corrected chi connectivity index (χ1v) is 8.31. The van der Waals surface area contributed by atoms with Crippen LogP contribution < -0.4 is 15.4 Å². The normalized spacial score (nSPS) is 19.1. The molecular weight excluding hydrogens is 272 g/mol. The van der Waals surface area contributed by atoms with E-state index in [-0.39, 0.29) is 12.5 Å². The van der Waals surface area contributed by atoms with Gasteiger partial charge in [-0.15, -0.1) is 0 Å². The van der Waals surface area contributed by atoms with Crippen LogP contribution in [0.25, 0.3) is 0 Å². The second-order valence-corrected chi connectivity index (χ2v) is 6.58. The molecule has 3 rings (SSSR count). The Morgan fingerprint density at radius 1 is 1.35 bits per heavy atom. The van der Waals surface area contributed by atoms with Gasteiger partial charge in [0, 0.05) is 6.54 Å². The molecule has 0 aromatic heterocycles. The van der Waals surface area contributed by atoms with Crippen molar-refractivity contribution in [3.63, 3.8) is 0 Å². The molecule has 0 unspecified atom stereocenters. The molecule has 1 amide bonds. The molecule has 0 radical (unpaired) electrons. The fraction of sp³-hybridized carbons (Fsp3) is 0.533. The minimum absolute atomic E-state index is 0.0812. The third-order valence-electron chi connectivity index (χ3n) is 3.78. The predicted molar refractivity (Wildman–Crippen MR) is 82.3 cm³/mol. The maximum Gasteiger partial charge on any atom is 0.262 e. The molecule has 0 atom stereocenters. The van der Waals surface area contributed by atoms with Crippen LogP contribution in [0, 0.1) is 5.92 Å². The van der Waals surface area contributed by atoms with E-state index in [1.54, 1.807) is 0 Å². The summed E-state index contributed by atoms with van der Waals surface area (Å²) in [7, 11) is 0. The molecule has 2 heterocycles. The summed E-state index contributed by atoms with van der Waals surface area (Å²) in [5.74, 6) is 4.10. The van der Waals surface area contributed by atoms with E-state index < -0.39 is 0 Å². The van der Waals surface area contributed by atoms with Gasteiger partial charge in [-0.25, -0.2) is 0 Å². The predicted octanol–water partition coefficient (Wildman–Crippen LogP) is 2.25. The zero-order valence-electron chi connectivity index (χ0n) is 11.5. The van der Waals surface area contributed by atoms with Crippen molar-refractivity contribution in [2.75, 3.05) is 30.0 Å². The van der Waals surface area contributed by atoms with Crippen LogP contribution in [0.3, 0.4) is 0 Å². The molecule has 2 N–H and O–H groups in total. The molecule has 0 bridgehead atoms. The number of hydrogen-bond acceptors (Lipinski definition) is 4. The SMILES string of the molecule is O=C1COc2ccc(CNCC3CCSCC3)cc2N1. The number of amides is 1. The lowest BCUT2D eigenvalue weighted by molar-refractivity contribution is -0.118. The molecular formula is C15H20N2O2S. The molecule has 0 aliphatic carbocycles. The van der Waals surface area contributed by atoms with Crippen LogP contribution >= 0.6 is 11.8 Å². The lowest BCUT2D eigenvalue weighted by Gasteiger charge is -2.22. The summed E-state index contributed by atoms with van der Waals surface area (Å²) in [4.78, 5) is 11.3. The summed E-state index contributed by atoms with van der Waals surface area (Å²) in [6.45, 7) is 2.04. The van der Waals surface area contributed by atoms with Crippen molar-refractivity contribution >= 4 is 23.4 Å². The van der Waals surface area contributed by atoms with Crippen LogP contribution in [-0.4, -0.2) is 30.6 Å². The Hall–Kier alpha value is -1.20. The van der Waals surface area contributed by atoms with Gasteiger partial charge in [-0.2, -0.15) is 11.8 Å². The summed E-state index contributed by atoms with van der Waals surface area (Å²) in [5.41, 5.74) is 1.97. The Labute approximate surface area is 123 Å². The fourth-order valence-electron chi connectivity index (χ4n) is 2.61. The topological polar surface area (TPSA) is 50.4 Å². The summed E-state index contributed by atoms with van der Waals surface area (Å²) in [5, 5.41) is 6.37. The standard InChI is InChI=1S/C15H20N2O2S/c18-15-10-19-14-2-1-12(7-13(14)17-15)9-16-8-11-3-5-20-6-4-11/h1-2,7,11,16H,3-6,8-10H2,(H,17,18). The molecule has 2 aliphatic rings. The van der Waals surface area contributed by atoms with E-state index in [4.69, 9.17) is 4.74 Å². The Bertz CT molecular complexity index is 487. The van der Waals surface area contributed by atoms with Gasteiger partial charge in [0.25, 0.3) is 5.91 Å². The van der Waals surface area contributed by atoms with Crippen LogP contribution in [0.4, 0.5) is 5.69 Å². The molecule has 5 heteroatoms. The molecule has 20 heavy (non-hydrogen) atoms. The Morgan fingerprint density at radius 3 is 3.05 bits per heavy atom. The smallest absolute Gasteiger partial charge is 0.262 e. The maximum atomic E-state index is 11.3. The average Bonchev–Trinajstić information content (AvgIpc) is 2.48. The average molecular weight is 292 g/mol. The fourth-order valence-corrected chi connectivity index (χ4v) is 3.82. The quantitative estimate of drug-likeness (QED) is 0.893. The van der Waals surface area contributed by atoms with Crippen molar-refractivity contribution in [1.82, 2.24) is 5.32 Å². The van der Waals surface area contributed by atoms with Crippen LogP contribution in [0.15, 0.2) is 18.2 Å². The van der Waals surface area contributed by atoms with Gasteiger partial charge >= 0.3 is 0 Å². The highest BCUT2D eigenvalue weighted by atomic mass is 32.2. The zero-order valence-corrected chi connectivity index (χ0v) is 12.3. The summed E-state index contributed by atoms with van der Waals surface area (Å²) >= 11 is 2.06. The number of benzene rings is 1. The number of carbonyl (C=O) groups excluding carboxylic acids is 1. The van der Waals surface area contributed by atoms with Crippen molar-refractivity contribution in [3.05, 3.63) is 23.8 Å². The van der Waals surface area contributed by atoms with Crippen LogP contribution in [0.2, 0.25) is 0 Å². The van der Waals surface area contributed by atoms with Crippen molar-refractivity contribution in [2.24, 2.45) is 5.92 Å². The molecule has 1 aromatic carbocycles. The first kappa shape index (κ1) is 13.8. The molecule has 0 saturated carbocycles. The first-order chi connectivity index (χ1) is 9.81. The highest BCUT2D eigenvalue weighted by Crippen LogP contribution is 2.28. The van der Waals surface area contributed by atoms with Gasteiger partial charge in [-0.3, -0.25) is 4.79 Å². The summed E-state index contributed by atoms with van der Waals surface area (Å²) < 4.78 is 5.36. The van der Waals surface area contributed by atoms with E-state index in [1.165, 1.54) is 29.9 Å². The van der Waals surface area contributed by atoms with Gasteiger partial charge in [0.05, 0.1) is 5.69 Å². The number of rotatable bonds is 4. The molecule has 4 nitrogen and oxygen atoms in total. The van der Waals surface area contributed by atoms with Gasteiger partial charge in [-0.05, 0) is 54.5 Å². The number of anilines is 1. The molecule has 1 aromatic rings. The van der Waals surface area contributed by atoms with Crippen molar-refractivity contribution in [2.45, 2.75) is 19.4 Å². The zero-order chi connectivity index (χ0) is 13.8. The minimum Gasteiger partial charge on any atom is -0.482 e. The molecule has 1 saturated heterocycles. The van der Waals surface area contributed by atoms with E-state index in [9.17, 15) is 4.79 Å². The molecule has 1 fully saturated rings. The van der Waals surface area contributed by atoms with Gasteiger partial charge < -0.3 is 15.4 Å². The van der Waals surface area contributed by atoms with Crippen LogP contribution in [-0.2, 0) is 11.3 Å². The van der Waals surface area contributed by atoms with E-state index in [0.717, 1.165) is 30.4 Å². The van der Waals surface area contributed by atoms with Crippen LogP contribution in [0.1, 0.15) is 18.4 Å². The number of fused-ring (bicyclic) bond motifs is 1. The lowest BCUT2D eigenvalue weighted by Crippen LogP contribution is -2.26. The minimum atomic E-state index is -0.0812. The number of carbonyl (C=O) groups is 1. The second kappa shape index (κ2) is 6.50. The van der Waals surface area contributed by atoms with Crippen molar-refractivity contribution in [1.29, 1.82) is 0 Å². The highest BCUT2D eigenvalue weighted by molar-refractivity contribution is 7.99. The van der Waals surface area contributed by atoms with Gasteiger partial charge in [0.15, 0.2) is 6.61 Å². The van der Waals surface area contributed by atoms with Gasteiger partial charge in [-0.1, -0.05) is 6.07 Å². The maximum absolute atomic E-state index is 11.3. The van der Waals surface area contributed by atoms with Gasteiger partial charge in [0.2, 0.25) is 0 Å². The molecule has 0 spiro atoms. The van der Waals surface area contributed by atoms with Crippen molar-refractivity contribution in [3.8, 4) is 5.75 Å². The van der Waals surface area contributed by atoms with Crippen LogP contribution in [0.5, 0.6) is 5.75 Å². The molecule has 2 aliphatic heterocycles. The number of hydrogen-bond donors (Lipinski definition) is 2. The summed E-state index contributed by atoms with van der Waals surface area (Å²) in [6.07, 6.45) is 2.65. The Kier molecular flexibility index (Phi) is 4.47. The Balaban J connectivity index is 1.52. The third kappa shape index (κ3) is 3.46. The second-order valence-electron chi connectivity index (χ2n) is 5.35. The number of nitrogens with one attached hydrogen (secondary N) is 2.